The van der Waals surface area contributed by atoms with Crippen molar-refractivity contribution in [1.29, 1.82) is 0 Å². The van der Waals surface area contributed by atoms with Crippen LogP contribution in [0, 0.1) is 7.14 Å². The summed E-state index contributed by atoms with van der Waals surface area (Å²) in [5.74, 6) is -0.310. The van der Waals surface area contributed by atoms with Crippen LogP contribution in [-0.4, -0.2) is 33.1 Å². The van der Waals surface area contributed by atoms with Crippen molar-refractivity contribution in [3.63, 3.8) is 0 Å². The molecule has 0 aliphatic rings. The number of carbonyl (C=O) groups is 1. The molecule has 8 heteroatoms. The number of carbonyl (C=O) groups excluding carboxylic acids is 1. The fourth-order valence-corrected chi connectivity index (χ4v) is 3.24. The first-order valence-corrected chi connectivity index (χ1v) is 7.46. The molecule has 0 saturated heterocycles. The minimum atomic E-state index is -0.524. The van der Waals surface area contributed by atoms with Gasteiger partial charge in [-0.3, -0.25) is 0 Å². The second-order valence-corrected chi connectivity index (χ2v) is 5.85. The molecule has 100 valence electrons. The Labute approximate surface area is 136 Å². The van der Waals surface area contributed by atoms with Crippen LogP contribution in [-0.2, 0) is 4.74 Å². The SMILES string of the molecule is CCOC(=O)c1n[nH]nc1-c1cc(I)c(O)c(I)c1. The highest BCUT2D eigenvalue weighted by Gasteiger charge is 2.20. The molecular weight excluding hydrogens is 476 g/mol. The summed E-state index contributed by atoms with van der Waals surface area (Å²) >= 11 is 4.03. The number of H-pyrrole nitrogens is 1. The van der Waals surface area contributed by atoms with Gasteiger partial charge in [-0.1, -0.05) is 0 Å². The van der Waals surface area contributed by atoms with Gasteiger partial charge in [-0.2, -0.15) is 10.3 Å². The second kappa shape index (κ2) is 6.03. The molecule has 0 amide bonds. The Kier molecular flexibility index (Phi) is 4.60. The van der Waals surface area contributed by atoms with Crippen LogP contribution >= 0.6 is 45.2 Å². The molecule has 1 aromatic carbocycles. The number of ether oxygens (including phenoxy) is 1. The number of aromatic hydroxyl groups is 1. The number of phenols is 1. The third-order valence-corrected chi connectivity index (χ3v) is 3.95. The Bertz CT molecular complexity index is 604. The molecule has 0 radical (unpaired) electrons. The molecule has 0 saturated carbocycles. The maximum absolute atomic E-state index is 11.7. The van der Waals surface area contributed by atoms with Gasteiger partial charge in [0.2, 0.25) is 0 Å². The summed E-state index contributed by atoms with van der Waals surface area (Å²) in [6.45, 7) is 2.00. The number of hydrogen-bond donors (Lipinski definition) is 2. The highest BCUT2D eigenvalue weighted by Crippen LogP contribution is 2.32. The number of nitrogens with zero attached hydrogens (tertiary/aromatic N) is 2. The largest absolute Gasteiger partial charge is 0.506 e. The van der Waals surface area contributed by atoms with E-state index in [4.69, 9.17) is 4.74 Å². The van der Waals surface area contributed by atoms with E-state index >= 15 is 0 Å². The molecule has 0 fully saturated rings. The summed E-state index contributed by atoms with van der Waals surface area (Å²) in [4.78, 5) is 11.7. The van der Waals surface area contributed by atoms with Gasteiger partial charge >= 0.3 is 5.97 Å². The topological polar surface area (TPSA) is 88.1 Å². The molecule has 0 aliphatic carbocycles. The number of hydrogen-bond acceptors (Lipinski definition) is 5. The Balaban J connectivity index is 2.49. The number of benzene rings is 1. The lowest BCUT2D eigenvalue weighted by Gasteiger charge is -2.05. The van der Waals surface area contributed by atoms with Crippen LogP contribution < -0.4 is 0 Å². The third-order valence-electron chi connectivity index (χ3n) is 2.31. The fourth-order valence-electron chi connectivity index (χ4n) is 1.48. The van der Waals surface area contributed by atoms with Crippen molar-refractivity contribution in [1.82, 2.24) is 15.4 Å². The average Bonchev–Trinajstić information content (AvgIpc) is 2.84. The molecule has 19 heavy (non-hydrogen) atoms. The highest BCUT2D eigenvalue weighted by atomic mass is 127. The van der Waals surface area contributed by atoms with Crippen LogP contribution in [0.4, 0.5) is 0 Å². The van der Waals surface area contributed by atoms with E-state index in [1.165, 1.54) is 0 Å². The number of rotatable bonds is 3. The van der Waals surface area contributed by atoms with Gasteiger partial charge in [-0.25, -0.2) is 4.79 Å². The fraction of sp³-hybridized carbons (Fsp3) is 0.182. The molecule has 2 rings (SSSR count). The minimum Gasteiger partial charge on any atom is -0.506 e. The van der Waals surface area contributed by atoms with Crippen LogP contribution in [0.5, 0.6) is 5.75 Å². The highest BCUT2D eigenvalue weighted by molar-refractivity contribution is 14.1. The van der Waals surface area contributed by atoms with E-state index in [2.05, 4.69) is 15.4 Å². The quantitative estimate of drug-likeness (QED) is 0.516. The van der Waals surface area contributed by atoms with Crippen molar-refractivity contribution < 1.29 is 14.6 Å². The number of phenolic OH excluding ortho intramolecular Hbond substituents is 1. The lowest BCUT2D eigenvalue weighted by molar-refractivity contribution is 0.0520. The number of aromatic amines is 1. The summed E-state index contributed by atoms with van der Waals surface area (Å²) in [5, 5.41) is 20.0. The lowest BCUT2D eigenvalue weighted by Crippen LogP contribution is -2.06. The molecule has 0 aliphatic heterocycles. The van der Waals surface area contributed by atoms with Crippen LogP contribution in [0.3, 0.4) is 0 Å². The zero-order chi connectivity index (χ0) is 14.0. The number of halogens is 2. The van der Waals surface area contributed by atoms with Gasteiger partial charge in [0.1, 0.15) is 11.4 Å². The van der Waals surface area contributed by atoms with Crippen LogP contribution in [0.15, 0.2) is 12.1 Å². The second-order valence-electron chi connectivity index (χ2n) is 3.53. The van der Waals surface area contributed by atoms with Gasteiger partial charge in [0, 0.05) is 5.56 Å². The van der Waals surface area contributed by atoms with E-state index in [9.17, 15) is 9.90 Å². The van der Waals surface area contributed by atoms with E-state index in [0.717, 1.165) is 0 Å². The smallest absolute Gasteiger partial charge is 0.361 e. The van der Waals surface area contributed by atoms with E-state index in [-0.39, 0.29) is 18.1 Å². The van der Waals surface area contributed by atoms with E-state index in [0.29, 0.717) is 18.4 Å². The molecule has 6 nitrogen and oxygen atoms in total. The van der Waals surface area contributed by atoms with Gasteiger partial charge in [-0.15, -0.1) is 5.10 Å². The summed E-state index contributed by atoms with van der Waals surface area (Å²) in [6, 6.07) is 3.47. The predicted octanol–water partition coefficient (Wildman–Crippen LogP) is 2.56. The van der Waals surface area contributed by atoms with Crippen LogP contribution in [0.1, 0.15) is 17.4 Å². The van der Waals surface area contributed by atoms with Gasteiger partial charge in [0.15, 0.2) is 5.69 Å². The number of esters is 1. The lowest BCUT2D eigenvalue weighted by atomic mass is 10.1. The number of aromatic nitrogens is 3. The van der Waals surface area contributed by atoms with Gasteiger partial charge < -0.3 is 9.84 Å². The Morgan fingerprint density at radius 2 is 2.00 bits per heavy atom. The minimum absolute atomic E-state index is 0.138. The average molecular weight is 485 g/mol. The Hall–Kier alpha value is -0.910. The van der Waals surface area contributed by atoms with E-state index < -0.39 is 5.97 Å². The summed E-state index contributed by atoms with van der Waals surface area (Å²) in [5.41, 5.74) is 1.25. The molecule has 0 spiro atoms. The van der Waals surface area contributed by atoms with Crippen molar-refractivity contribution in [2.75, 3.05) is 6.61 Å². The molecule has 1 aromatic heterocycles. The Morgan fingerprint density at radius 1 is 1.37 bits per heavy atom. The molecule has 2 aromatic rings. The van der Waals surface area contributed by atoms with E-state index in [1.807, 2.05) is 45.2 Å². The monoisotopic (exact) mass is 485 g/mol. The van der Waals surface area contributed by atoms with Gasteiger partial charge in [-0.05, 0) is 64.2 Å². The summed E-state index contributed by atoms with van der Waals surface area (Å²) in [6.07, 6.45) is 0. The molecular formula is C11H9I2N3O3. The first kappa shape index (κ1) is 14.5. The van der Waals surface area contributed by atoms with E-state index in [1.54, 1.807) is 19.1 Å². The van der Waals surface area contributed by atoms with Crippen molar-refractivity contribution >= 4 is 51.2 Å². The number of nitrogens with one attached hydrogen (secondary N) is 1. The third kappa shape index (κ3) is 2.99. The predicted molar refractivity (Wildman–Crippen MR) is 84.9 cm³/mol. The normalized spacial score (nSPS) is 10.5. The molecule has 0 atom stereocenters. The summed E-state index contributed by atoms with van der Waals surface area (Å²) < 4.78 is 6.27. The molecule has 1 heterocycles. The molecule has 0 unspecified atom stereocenters. The van der Waals surface area contributed by atoms with Gasteiger partial charge in [0.05, 0.1) is 13.7 Å². The van der Waals surface area contributed by atoms with Crippen LogP contribution in [0.2, 0.25) is 0 Å². The van der Waals surface area contributed by atoms with Crippen molar-refractivity contribution in [2.24, 2.45) is 0 Å². The zero-order valence-corrected chi connectivity index (χ0v) is 14.1. The molecule has 0 bridgehead atoms. The van der Waals surface area contributed by atoms with Gasteiger partial charge in [0.25, 0.3) is 0 Å². The Morgan fingerprint density at radius 3 is 2.58 bits per heavy atom. The zero-order valence-electron chi connectivity index (χ0n) is 9.78. The van der Waals surface area contributed by atoms with Crippen molar-refractivity contribution in [3.8, 4) is 17.0 Å². The van der Waals surface area contributed by atoms with Crippen molar-refractivity contribution in [2.45, 2.75) is 6.92 Å². The summed E-state index contributed by atoms with van der Waals surface area (Å²) in [7, 11) is 0. The van der Waals surface area contributed by atoms with Crippen LogP contribution in [0.25, 0.3) is 11.3 Å². The maximum atomic E-state index is 11.7. The molecule has 2 N–H and O–H groups in total. The first-order chi connectivity index (χ1) is 9.04. The maximum Gasteiger partial charge on any atom is 0.361 e. The standard InChI is InChI=1S/C11H9I2N3O3/c1-2-19-11(18)9-8(14-16-15-9)5-3-6(12)10(17)7(13)4-5/h3-4,17H,2H2,1H3,(H,14,15,16). The van der Waals surface area contributed by atoms with Crippen molar-refractivity contribution in [3.05, 3.63) is 25.0 Å². The first-order valence-electron chi connectivity index (χ1n) is 5.30.